The van der Waals surface area contributed by atoms with E-state index in [1.54, 1.807) is 55.5 Å². The summed E-state index contributed by atoms with van der Waals surface area (Å²) in [6.45, 7) is 1.74. The summed E-state index contributed by atoms with van der Waals surface area (Å²) in [5.74, 6) is 0.0132. The lowest BCUT2D eigenvalue weighted by molar-refractivity contribution is 0.102. The molecule has 0 spiro atoms. The van der Waals surface area contributed by atoms with Crippen LogP contribution in [0.1, 0.15) is 15.9 Å². The first-order valence-corrected chi connectivity index (χ1v) is 9.55. The molecule has 0 saturated heterocycles. The molecule has 2 N–H and O–H groups in total. The van der Waals surface area contributed by atoms with Gasteiger partial charge in [-0.25, -0.2) is 4.98 Å². The predicted molar refractivity (Wildman–Crippen MR) is 113 cm³/mol. The monoisotopic (exact) mass is 456 g/mol. The number of hydrogen-bond acceptors (Lipinski definition) is 4. The van der Waals surface area contributed by atoms with Gasteiger partial charge in [-0.05, 0) is 70.9 Å². The van der Waals surface area contributed by atoms with E-state index in [4.69, 9.17) is 16.0 Å². The molecule has 0 atom stereocenters. The van der Waals surface area contributed by atoms with E-state index in [0.29, 0.717) is 43.0 Å². The van der Waals surface area contributed by atoms with E-state index >= 15 is 0 Å². The van der Waals surface area contributed by atoms with E-state index in [-0.39, 0.29) is 17.5 Å². The second kappa shape index (κ2) is 7.30. The van der Waals surface area contributed by atoms with Gasteiger partial charge >= 0.3 is 0 Å². The largest absolute Gasteiger partial charge is 0.507 e. The Morgan fingerprint density at radius 1 is 1.18 bits per heavy atom. The standard InChI is InChI=1S/C21H14BrClN2O3/c1-11-8-13(24-20(27)14-4-2-3-5-16(14)22)10-15(19(11)26)21-25-17-9-12(23)6-7-18(17)28-21/h2-10,26H,1H3,(H,24,27). The number of phenols is 1. The number of carbonyl (C=O) groups excluding carboxylic acids is 1. The van der Waals surface area contributed by atoms with Crippen molar-refractivity contribution in [3.8, 4) is 17.2 Å². The van der Waals surface area contributed by atoms with Crippen LogP contribution in [0.15, 0.2) is 63.5 Å². The van der Waals surface area contributed by atoms with Gasteiger partial charge in [0.1, 0.15) is 11.3 Å². The zero-order valence-electron chi connectivity index (χ0n) is 14.7. The maximum Gasteiger partial charge on any atom is 0.256 e. The third-order valence-electron chi connectivity index (χ3n) is 4.26. The Bertz CT molecular complexity index is 1220. The highest BCUT2D eigenvalue weighted by molar-refractivity contribution is 9.10. The Hall–Kier alpha value is -2.83. The van der Waals surface area contributed by atoms with Crippen LogP contribution in [0.2, 0.25) is 5.02 Å². The van der Waals surface area contributed by atoms with Crippen molar-refractivity contribution in [2.24, 2.45) is 0 Å². The van der Waals surface area contributed by atoms with Crippen molar-refractivity contribution in [3.63, 3.8) is 0 Å². The molecule has 5 nitrogen and oxygen atoms in total. The molecule has 0 saturated carbocycles. The Balaban J connectivity index is 1.73. The SMILES string of the molecule is Cc1cc(NC(=O)c2ccccc2Br)cc(-c2nc3cc(Cl)ccc3o2)c1O. The number of phenolic OH excluding ortho intramolecular Hbond substituents is 1. The summed E-state index contributed by atoms with van der Waals surface area (Å²) in [7, 11) is 0. The van der Waals surface area contributed by atoms with Crippen molar-refractivity contribution < 1.29 is 14.3 Å². The van der Waals surface area contributed by atoms with Gasteiger partial charge < -0.3 is 14.8 Å². The van der Waals surface area contributed by atoms with Gasteiger partial charge in [0.2, 0.25) is 5.89 Å². The lowest BCUT2D eigenvalue weighted by Gasteiger charge is -2.11. The first kappa shape index (κ1) is 18.5. The number of nitrogens with one attached hydrogen (secondary N) is 1. The van der Waals surface area contributed by atoms with Crippen LogP contribution in [0.3, 0.4) is 0 Å². The zero-order valence-corrected chi connectivity index (χ0v) is 17.0. The second-order valence-electron chi connectivity index (χ2n) is 6.25. The number of carbonyl (C=O) groups is 1. The molecule has 1 aromatic heterocycles. The van der Waals surface area contributed by atoms with E-state index in [1.807, 2.05) is 6.07 Å². The summed E-state index contributed by atoms with van der Waals surface area (Å²) in [6, 6.07) is 15.6. The minimum absolute atomic E-state index is 0.0385. The number of amides is 1. The molecule has 28 heavy (non-hydrogen) atoms. The van der Waals surface area contributed by atoms with E-state index < -0.39 is 0 Å². The Kier molecular flexibility index (Phi) is 4.83. The van der Waals surface area contributed by atoms with E-state index in [0.717, 1.165) is 0 Å². The molecular formula is C21H14BrClN2O3. The van der Waals surface area contributed by atoms with Crippen LogP contribution < -0.4 is 5.32 Å². The molecule has 0 aliphatic rings. The Morgan fingerprint density at radius 2 is 1.96 bits per heavy atom. The van der Waals surface area contributed by atoms with Crippen molar-refractivity contribution in [3.05, 3.63) is 75.2 Å². The molecule has 0 fully saturated rings. The molecule has 3 aromatic carbocycles. The van der Waals surface area contributed by atoms with Crippen LogP contribution in [0.5, 0.6) is 5.75 Å². The third kappa shape index (κ3) is 3.48. The van der Waals surface area contributed by atoms with Crippen molar-refractivity contribution in [2.45, 2.75) is 6.92 Å². The summed E-state index contributed by atoms with van der Waals surface area (Å²) < 4.78 is 6.45. The number of benzene rings is 3. The van der Waals surface area contributed by atoms with Crippen molar-refractivity contribution in [2.75, 3.05) is 5.32 Å². The van der Waals surface area contributed by atoms with Gasteiger partial charge in [0, 0.05) is 15.2 Å². The molecule has 4 aromatic rings. The molecule has 0 radical (unpaired) electrons. The molecule has 0 unspecified atom stereocenters. The van der Waals surface area contributed by atoms with Crippen LogP contribution in [-0.4, -0.2) is 16.0 Å². The van der Waals surface area contributed by atoms with E-state index in [1.165, 1.54) is 0 Å². The number of anilines is 1. The second-order valence-corrected chi connectivity index (χ2v) is 7.55. The molecule has 0 aliphatic carbocycles. The first-order valence-electron chi connectivity index (χ1n) is 8.38. The number of aromatic nitrogens is 1. The van der Waals surface area contributed by atoms with E-state index in [9.17, 15) is 9.90 Å². The van der Waals surface area contributed by atoms with Crippen LogP contribution in [0, 0.1) is 6.92 Å². The fourth-order valence-electron chi connectivity index (χ4n) is 2.87. The average Bonchev–Trinajstić information content (AvgIpc) is 3.07. The molecule has 0 bridgehead atoms. The highest BCUT2D eigenvalue weighted by Gasteiger charge is 2.17. The number of rotatable bonds is 3. The van der Waals surface area contributed by atoms with Crippen molar-refractivity contribution in [1.29, 1.82) is 0 Å². The summed E-state index contributed by atoms with van der Waals surface area (Å²) in [5.41, 5.74) is 3.13. The van der Waals surface area contributed by atoms with Gasteiger partial charge in [0.05, 0.1) is 11.1 Å². The quantitative estimate of drug-likeness (QED) is 0.360. The number of nitrogens with zero attached hydrogens (tertiary/aromatic N) is 1. The Labute approximate surface area is 174 Å². The van der Waals surface area contributed by atoms with Crippen LogP contribution in [0.25, 0.3) is 22.6 Å². The normalized spacial score (nSPS) is 11.0. The minimum Gasteiger partial charge on any atom is -0.507 e. The highest BCUT2D eigenvalue weighted by Crippen LogP contribution is 2.36. The van der Waals surface area contributed by atoms with Gasteiger partial charge in [0.15, 0.2) is 5.58 Å². The topological polar surface area (TPSA) is 75.4 Å². The average molecular weight is 458 g/mol. The van der Waals surface area contributed by atoms with Gasteiger partial charge in [0.25, 0.3) is 5.91 Å². The summed E-state index contributed by atoms with van der Waals surface area (Å²) in [5, 5.41) is 13.9. The summed E-state index contributed by atoms with van der Waals surface area (Å²) in [4.78, 5) is 17.0. The fraction of sp³-hybridized carbons (Fsp3) is 0.0476. The van der Waals surface area contributed by atoms with Crippen LogP contribution >= 0.6 is 27.5 Å². The molecular weight excluding hydrogens is 444 g/mol. The minimum atomic E-state index is -0.270. The van der Waals surface area contributed by atoms with E-state index in [2.05, 4.69) is 26.2 Å². The van der Waals surface area contributed by atoms with Crippen molar-refractivity contribution in [1.82, 2.24) is 4.98 Å². The maximum absolute atomic E-state index is 12.6. The number of halogens is 2. The lowest BCUT2D eigenvalue weighted by Crippen LogP contribution is -2.12. The molecule has 0 aliphatic heterocycles. The van der Waals surface area contributed by atoms with Gasteiger partial charge in [-0.15, -0.1) is 0 Å². The number of aryl methyl sites for hydroxylation is 1. The first-order chi connectivity index (χ1) is 13.4. The number of oxazole rings is 1. The predicted octanol–water partition coefficient (Wildman–Crippen LogP) is 6.18. The fourth-order valence-corrected chi connectivity index (χ4v) is 3.51. The maximum atomic E-state index is 12.6. The molecule has 1 amide bonds. The van der Waals surface area contributed by atoms with Crippen LogP contribution in [-0.2, 0) is 0 Å². The van der Waals surface area contributed by atoms with Crippen molar-refractivity contribution >= 4 is 50.2 Å². The highest BCUT2D eigenvalue weighted by atomic mass is 79.9. The number of fused-ring (bicyclic) bond motifs is 1. The van der Waals surface area contributed by atoms with Gasteiger partial charge in [-0.3, -0.25) is 4.79 Å². The third-order valence-corrected chi connectivity index (χ3v) is 5.18. The Morgan fingerprint density at radius 3 is 2.75 bits per heavy atom. The zero-order chi connectivity index (χ0) is 19.8. The number of aromatic hydroxyl groups is 1. The smallest absolute Gasteiger partial charge is 0.256 e. The summed E-state index contributed by atoms with van der Waals surface area (Å²) >= 11 is 9.38. The van der Waals surface area contributed by atoms with Gasteiger partial charge in [-0.1, -0.05) is 23.7 Å². The van der Waals surface area contributed by atoms with Crippen LogP contribution in [0.4, 0.5) is 5.69 Å². The molecule has 7 heteroatoms. The molecule has 1 heterocycles. The van der Waals surface area contributed by atoms with Gasteiger partial charge in [-0.2, -0.15) is 0 Å². The molecule has 140 valence electrons. The number of hydrogen-bond donors (Lipinski definition) is 2. The molecule has 4 rings (SSSR count). The summed E-state index contributed by atoms with van der Waals surface area (Å²) in [6.07, 6.45) is 0. The lowest BCUT2D eigenvalue weighted by atomic mass is 10.1.